The minimum atomic E-state index is -3.90. The van der Waals surface area contributed by atoms with Gasteiger partial charge in [0.05, 0.1) is 16.4 Å². The van der Waals surface area contributed by atoms with Crippen molar-refractivity contribution in [2.24, 2.45) is 0 Å². The number of nitrogens with zero attached hydrogens (tertiary/aromatic N) is 6. The predicted octanol–water partition coefficient (Wildman–Crippen LogP) is 1.75. The zero-order chi connectivity index (χ0) is 26.1. The second kappa shape index (κ2) is 9.97. The van der Waals surface area contributed by atoms with Crippen LogP contribution >= 0.6 is 0 Å². The number of aliphatic hydroxyl groups is 1. The van der Waals surface area contributed by atoms with E-state index in [2.05, 4.69) is 10.1 Å². The summed E-state index contributed by atoms with van der Waals surface area (Å²) in [6.45, 7) is 2.11. The van der Waals surface area contributed by atoms with Crippen LogP contribution in [-0.2, 0) is 22.2 Å². The lowest BCUT2D eigenvalue weighted by Crippen LogP contribution is -2.58. The third kappa shape index (κ3) is 4.97. The maximum Gasteiger partial charge on any atom is 0.269 e. The fourth-order valence-corrected chi connectivity index (χ4v) is 5.79. The van der Waals surface area contributed by atoms with E-state index in [0.29, 0.717) is 6.07 Å². The number of sulfonamides is 1. The lowest BCUT2D eigenvalue weighted by atomic mass is 9.85. The molecule has 0 bridgehead atoms. The van der Waals surface area contributed by atoms with Crippen molar-refractivity contribution in [2.45, 2.75) is 30.0 Å². The Bertz CT molecular complexity index is 1330. The average molecular weight is 523 g/mol. The number of piperazine rings is 1. The van der Waals surface area contributed by atoms with Gasteiger partial charge >= 0.3 is 0 Å². The van der Waals surface area contributed by atoms with Crippen LogP contribution in [0.1, 0.15) is 12.5 Å². The molecule has 192 valence electrons. The molecule has 3 aromatic rings. The maximum atomic E-state index is 14.8. The molecule has 4 rings (SSSR count). The molecule has 2 atom stereocenters. The van der Waals surface area contributed by atoms with Crippen LogP contribution in [0.5, 0.6) is 0 Å². The Morgan fingerprint density at radius 3 is 2.36 bits per heavy atom. The summed E-state index contributed by atoms with van der Waals surface area (Å²) in [7, 11) is -3.90. The molecule has 14 heteroatoms. The van der Waals surface area contributed by atoms with Gasteiger partial charge in [0.15, 0.2) is 0 Å². The molecule has 2 unspecified atom stereocenters. The van der Waals surface area contributed by atoms with Crippen LogP contribution in [0.25, 0.3) is 0 Å². The first-order valence-corrected chi connectivity index (χ1v) is 12.5. The Morgan fingerprint density at radius 2 is 1.81 bits per heavy atom. The quantitative estimate of drug-likeness (QED) is 0.349. The molecule has 1 aromatic heterocycles. The van der Waals surface area contributed by atoms with Gasteiger partial charge in [-0.1, -0.05) is 6.07 Å². The van der Waals surface area contributed by atoms with Crippen molar-refractivity contribution in [3.05, 3.63) is 82.4 Å². The fourth-order valence-electron chi connectivity index (χ4n) is 4.37. The summed E-state index contributed by atoms with van der Waals surface area (Å²) in [5.74, 6) is -1.69. The number of aromatic nitrogens is 3. The van der Waals surface area contributed by atoms with E-state index in [-0.39, 0.29) is 48.9 Å². The van der Waals surface area contributed by atoms with Crippen molar-refractivity contribution in [2.75, 3.05) is 26.2 Å². The number of benzene rings is 2. The Balaban J connectivity index is 1.54. The van der Waals surface area contributed by atoms with Gasteiger partial charge in [0.2, 0.25) is 10.0 Å². The molecule has 2 heterocycles. The SMILES string of the molecule is CC(N1CCN(S(=O)(=O)c2ccc([N+](=O)[O-])cc2)CC1)C(O)(Cn1cncn1)c1ccc(F)cc1F. The van der Waals surface area contributed by atoms with E-state index in [4.69, 9.17) is 0 Å². The van der Waals surface area contributed by atoms with Gasteiger partial charge in [-0.2, -0.15) is 9.40 Å². The van der Waals surface area contributed by atoms with E-state index < -0.39 is 38.2 Å². The van der Waals surface area contributed by atoms with Crippen LogP contribution in [-0.4, -0.2) is 74.6 Å². The van der Waals surface area contributed by atoms with Gasteiger partial charge < -0.3 is 5.11 Å². The van der Waals surface area contributed by atoms with Gasteiger partial charge in [-0.05, 0) is 25.1 Å². The number of rotatable bonds is 8. The fraction of sp³-hybridized carbons (Fsp3) is 0.364. The van der Waals surface area contributed by atoms with Crippen LogP contribution in [0.15, 0.2) is 60.0 Å². The van der Waals surface area contributed by atoms with Crippen LogP contribution in [0, 0.1) is 21.7 Å². The second-order valence-electron chi connectivity index (χ2n) is 8.51. The van der Waals surface area contributed by atoms with Gasteiger partial charge in [-0.3, -0.25) is 15.0 Å². The van der Waals surface area contributed by atoms with Crippen LogP contribution in [0.2, 0.25) is 0 Å². The third-order valence-corrected chi connectivity index (χ3v) is 8.38. The summed E-state index contributed by atoms with van der Waals surface area (Å²) in [6.07, 6.45) is 2.64. The summed E-state index contributed by atoms with van der Waals surface area (Å²) in [5.41, 5.74) is -2.18. The molecular formula is C22H24F2N6O5S. The van der Waals surface area contributed by atoms with Gasteiger partial charge in [0.25, 0.3) is 5.69 Å². The zero-order valence-corrected chi connectivity index (χ0v) is 20.1. The summed E-state index contributed by atoms with van der Waals surface area (Å²) in [4.78, 5) is 15.9. The van der Waals surface area contributed by atoms with Gasteiger partial charge in [0, 0.05) is 56.0 Å². The minimum absolute atomic E-state index is 0.0642. The molecule has 0 amide bonds. The van der Waals surface area contributed by atoms with E-state index in [1.165, 1.54) is 39.8 Å². The molecule has 1 aliphatic heterocycles. The summed E-state index contributed by atoms with van der Waals surface area (Å²) in [6, 6.07) is 6.88. The molecule has 0 saturated carbocycles. The first kappa shape index (κ1) is 25.8. The van der Waals surface area contributed by atoms with Crippen molar-refractivity contribution >= 4 is 15.7 Å². The predicted molar refractivity (Wildman–Crippen MR) is 123 cm³/mol. The molecule has 1 aliphatic rings. The van der Waals surface area contributed by atoms with E-state index >= 15 is 0 Å². The molecule has 1 fully saturated rings. The third-order valence-electron chi connectivity index (χ3n) is 6.46. The summed E-state index contributed by atoms with van der Waals surface area (Å²) in [5, 5.41) is 26.6. The number of hydrogen-bond acceptors (Lipinski definition) is 8. The molecule has 2 aromatic carbocycles. The van der Waals surface area contributed by atoms with Crippen molar-refractivity contribution < 1.29 is 27.2 Å². The number of nitro benzene ring substituents is 1. The van der Waals surface area contributed by atoms with Gasteiger partial charge in [-0.15, -0.1) is 0 Å². The molecule has 1 N–H and O–H groups in total. The number of non-ortho nitro benzene ring substituents is 1. The van der Waals surface area contributed by atoms with Crippen molar-refractivity contribution in [3.63, 3.8) is 0 Å². The zero-order valence-electron chi connectivity index (χ0n) is 19.2. The Kier molecular flexibility index (Phi) is 7.13. The Labute approximate surface area is 205 Å². The molecule has 36 heavy (non-hydrogen) atoms. The number of hydrogen-bond donors (Lipinski definition) is 1. The van der Waals surface area contributed by atoms with E-state index in [1.54, 1.807) is 6.92 Å². The highest BCUT2D eigenvalue weighted by atomic mass is 32.2. The lowest BCUT2D eigenvalue weighted by Gasteiger charge is -2.44. The Morgan fingerprint density at radius 1 is 1.14 bits per heavy atom. The van der Waals surface area contributed by atoms with Crippen molar-refractivity contribution in [3.8, 4) is 0 Å². The molecule has 0 aliphatic carbocycles. The molecule has 11 nitrogen and oxygen atoms in total. The molecule has 0 radical (unpaired) electrons. The van der Waals surface area contributed by atoms with E-state index in [1.807, 2.05) is 4.90 Å². The summed E-state index contributed by atoms with van der Waals surface area (Å²) < 4.78 is 57.0. The first-order chi connectivity index (χ1) is 17.0. The monoisotopic (exact) mass is 522 g/mol. The smallest absolute Gasteiger partial charge is 0.269 e. The molecule has 1 saturated heterocycles. The average Bonchev–Trinajstić information content (AvgIpc) is 3.36. The standard InChI is InChI=1S/C22H24F2N6O5S/c1-16(22(31,13-28-15-25-14-26-28)20-7-2-17(23)12-21(20)24)27-8-10-29(11-9-27)36(34,35)19-5-3-18(4-6-19)30(32)33/h2-7,12,14-16,31H,8-11,13H2,1H3. The van der Waals surface area contributed by atoms with Crippen LogP contribution in [0.4, 0.5) is 14.5 Å². The van der Waals surface area contributed by atoms with Gasteiger partial charge in [0.1, 0.15) is 29.9 Å². The summed E-state index contributed by atoms with van der Waals surface area (Å²) >= 11 is 0. The molecular weight excluding hydrogens is 498 g/mol. The first-order valence-electron chi connectivity index (χ1n) is 11.0. The number of nitro groups is 1. The van der Waals surface area contributed by atoms with Crippen molar-refractivity contribution in [1.82, 2.24) is 24.0 Å². The second-order valence-corrected chi connectivity index (χ2v) is 10.4. The molecule has 0 spiro atoms. The van der Waals surface area contributed by atoms with E-state index in [0.717, 1.165) is 18.2 Å². The minimum Gasteiger partial charge on any atom is -0.381 e. The highest BCUT2D eigenvalue weighted by Crippen LogP contribution is 2.33. The highest BCUT2D eigenvalue weighted by Gasteiger charge is 2.43. The van der Waals surface area contributed by atoms with Crippen molar-refractivity contribution in [1.29, 1.82) is 0 Å². The lowest BCUT2D eigenvalue weighted by molar-refractivity contribution is -0.384. The van der Waals surface area contributed by atoms with Crippen LogP contribution < -0.4 is 0 Å². The van der Waals surface area contributed by atoms with E-state index in [9.17, 15) is 32.4 Å². The normalized spacial score (nSPS) is 18.0. The van der Waals surface area contributed by atoms with Crippen LogP contribution in [0.3, 0.4) is 0 Å². The largest absolute Gasteiger partial charge is 0.381 e. The Hall–Kier alpha value is -3.33. The van der Waals surface area contributed by atoms with Gasteiger partial charge in [-0.25, -0.2) is 26.9 Å². The topological polar surface area (TPSA) is 135 Å². The number of halogens is 2. The maximum absolute atomic E-state index is 14.8. The highest BCUT2D eigenvalue weighted by molar-refractivity contribution is 7.89.